The lowest BCUT2D eigenvalue weighted by molar-refractivity contribution is 0.700. The molecule has 0 aliphatic heterocycles. The minimum absolute atomic E-state index is 0.0861. The van der Waals surface area contributed by atoms with E-state index in [1.165, 1.54) is 0 Å². The van der Waals surface area contributed by atoms with Crippen molar-refractivity contribution in [1.82, 2.24) is 0 Å². The van der Waals surface area contributed by atoms with Crippen molar-refractivity contribution in [2.24, 2.45) is 11.5 Å². The molecule has 0 heterocycles. The summed E-state index contributed by atoms with van der Waals surface area (Å²) in [5.41, 5.74) is 11.8. The van der Waals surface area contributed by atoms with Crippen LogP contribution in [0.1, 0.15) is 19.8 Å². The summed E-state index contributed by atoms with van der Waals surface area (Å²) in [6, 6.07) is 0.0861. The molecule has 2 heteroatoms. The molecule has 0 fully saturated rings. The van der Waals surface area contributed by atoms with Crippen LogP contribution in [-0.2, 0) is 0 Å². The van der Waals surface area contributed by atoms with Gasteiger partial charge in [-0.3, -0.25) is 0 Å². The molecule has 58 valence electrons. The molecule has 0 aromatic heterocycles. The topological polar surface area (TPSA) is 52.0 Å². The molecule has 1 unspecified atom stereocenters. The molecule has 0 bridgehead atoms. The van der Waals surface area contributed by atoms with Crippen LogP contribution in [0.15, 0.2) is 24.4 Å². The first-order valence-corrected chi connectivity index (χ1v) is 3.56. The Kier molecular flexibility index (Phi) is 4.67. The number of hydrogen-bond donors (Lipinski definition) is 2. The second kappa shape index (κ2) is 5.06. The fourth-order valence-corrected chi connectivity index (χ4v) is 0.732. The summed E-state index contributed by atoms with van der Waals surface area (Å²) in [5.74, 6) is 0. The Morgan fingerprint density at radius 1 is 1.70 bits per heavy atom. The third-order valence-corrected chi connectivity index (χ3v) is 1.26. The molecule has 10 heavy (non-hydrogen) atoms. The molecule has 1 atom stereocenters. The largest absolute Gasteiger partial charge is 0.399 e. The van der Waals surface area contributed by atoms with E-state index in [-0.39, 0.29) is 6.04 Å². The van der Waals surface area contributed by atoms with Crippen molar-refractivity contribution < 1.29 is 0 Å². The summed E-state index contributed by atoms with van der Waals surface area (Å²) in [6.45, 7) is 5.62. The summed E-state index contributed by atoms with van der Waals surface area (Å²) in [7, 11) is 0. The Bertz CT molecular complexity index is 127. The van der Waals surface area contributed by atoms with Crippen molar-refractivity contribution in [1.29, 1.82) is 0 Å². The molecule has 0 rings (SSSR count). The van der Waals surface area contributed by atoms with Crippen molar-refractivity contribution in [2.75, 3.05) is 0 Å². The van der Waals surface area contributed by atoms with Crippen LogP contribution in [0.2, 0.25) is 0 Å². The summed E-state index contributed by atoms with van der Waals surface area (Å²) >= 11 is 0. The molecule has 0 spiro atoms. The fraction of sp³-hybridized carbons (Fsp3) is 0.500. The molecule has 2 nitrogen and oxygen atoms in total. The van der Waals surface area contributed by atoms with E-state index in [1.54, 1.807) is 6.08 Å². The summed E-state index contributed by atoms with van der Waals surface area (Å²) in [6.07, 6.45) is 5.50. The van der Waals surface area contributed by atoms with Gasteiger partial charge in [-0.05, 0) is 18.6 Å². The molecule has 0 aromatic carbocycles. The van der Waals surface area contributed by atoms with Gasteiger partial charge >= 0.3 is 0 Å². The summed E-state index contributed by atoms with van der Waals surface area (Å²) in [5, 5.41) is 0. The predicted octanol–water partition coefficient (Wildman–Crippen LogP) is 1.14. The highest BCUT2D eigenvalue weighted by atomic mass is 14.6. The van der Waals surface area contributed by atoms with Gasteiger partial charge in [0.1, 0.15) is 0 Å². The molecule has 0 aromatic rings. The minimum Gasteiger partial charge on any atom is -0.399 e. The third-order valence-electron chi connectivity index (χ3n) is 1.26. The van der Waals surface area contributed by atoms with Crippen molar-refractivity contribution >= 4 is 0 Å². The Morgan fingerprint density at radius 3 is 2.70 bits per heavy atom. The smallest absolute Gasteiger partial charge is 0.0283 e. The van der Waals surface area contributed by atoms with Crippen LogP contribution in [0.25, 0.3) is 0 Å². The van der Waals surface area contributed by atoms with E-state index in [2.05, 4.69) is 13.5 Å². The fourth-order valence-electron chi connectivity index (χ4n) is 0.732. The van der Waals surface area contributed by atoms with Crippen LogP contribution in [-0.4, -0.2) is 6.04 Å². The summed E-state index contributed by atoms with van der Waals surface area (Å²) in [4.78, 5) is 0. The number of nitrogens with two attached hydrogens (primary N) is 2. The molecule has 0 aliphatic carbocycles. The molecule has 0 radical (unpaired) electrons. The van der Waals surface area contributed by atoms with Crippen LogP contribution in [0.3, 0.4) is 0 Å². The Balaban J connectivity index is 3.73. The van der Waals surface area contributed by atoms with Gasteiger partial charge in [0, 0.05) is 11.7 Å². The van der Waals surface area contributed by atoms with E-state index in [0.29, 0.717) is 5.70 Å². The normalized spacial score (nSPS) is 14.8. The van der Waals surface area contributed by atoms with Gasteiger partial charge in [0.2, 0.25) is 0 Å². The molecule has 4 N–H and O–H groups in total. The van der Waals surface area contributed by atoms with Crippen LogP contribution in [0, 0.1) is 0 Å². The van der Waals surface area contributed by atoms with Gasteiger partial charge in [-0.2, -0.15) is 0 Å². The summed E-state index contributed by atoms with van der Waals surface area (Å²) < 4.78 is 0. The molecular weight excluding hydrogens is 124 g/mol. The van der Waals surface area contributed by atoms with Gasteiger partial charge in [0.25, 0.3) is 0 Å². The van der Waals surface area contributed by atoms with Crippen molar-refractivity contribution in [3.05, 3.63) is 24.4 Å². The minimum atomic E-state index is 0.0861. The quantitative estimate of drug-likeness (QED) is 0.575. The molecule has 0 saturated heterocycles. The Labute approximate surface area is 62.6 Å². The lowest BCUT2D eigenvalue weighted by Gasteiger charge is -2.03. The first kappa shape index (κ1) is 9.24. The Morgan fingerprint density at radius 2 is 2.30 bits per heavy atom. The van der Waals surface area contributed by atoms with Gasteiger partial charge in [-0.15, -0.1) is 0 Å². The highest BCUT2D eigenvalue weighted by molar-refractivity contribution is 5.13. The second-order valence-corrected chi connectivity index (χ2v) is 2.32. The van der Waals surface area contributed by atoms with Gasteiger partial charge in [-0.25, -0.2) is 0 Å². The Hall–Kier alpha value is -0.760. The molecule has 0 saturated carbocycles. The van der Waals surface area contributed by atoms with Crippen LogP contribution < -0.4 is 11.5 Å². The number of allylic oxidation sites excluding steroid dienone is 1. The van der Waals surface area contributed by atoms with Gasteiger partial charge < -0.3 is 11.5 Å². The third kappa shape index (κ3) is 4.15. The number of rotatable bonds is 4. The van der Waals surface area contributed by atoms with Crippen LogP contribution in [0.4, 0.5) is 0 Å². The van der Waals surface area contributed by atoms with Gasteiger partial charge in [0.15, 0.2) is 0 Å². The highest BCUT2D eigenvalue weighted by Crippen LogP contribution is 1.96. The maximum Gasteiger partial charge on any atom is 0.0283 e. The SMILES string of the molecule is C=C/C(N)=C/C(N)CCC. The molecular formula is C8H16N2. The zero-order valence-corrected chi connectivity index (χ0v) is 6.51. The van der Waals surface area contributed by atoms with E-state index in [0.717, 1.165) is 12.8 Å². The van der Waals surface area contributed by atoms with Crippen molar-refractivity contribution in [2.45, 2.75) is 25.8 Å². The standard InChI is InChI=1S/C8H16N2/c1-3-5-8(10)6-7(9)4-2/h4,6,8H,2-3,5,9-10H2,1H3/b7-6-. The monoisotopic (exact) mass is 140 g/mol. The van der Waals surface area contributed by atoms with Crippen LogP contribution >= 0.6 is 0 Å². The lowest BCUT2D eigenvalue weighted by atomic mass is 10.1. The average Bonchev–Trinajstić information content (AvgIpc) is 1.88. The van der Waals surface area contributed by atoms with E-state index in [9.17, 15) is 0 Å². The second-order valence-electron chi connectivity index (χ2n) is 2.32. The average molecular weight is 140 g/mol. The first-order chi connectivity index (χ1) is 4.70. The highest BCUT2D eigenvalue weighted by Gasteiger charge is 1.94. The molecule has 0 aliphatic rings. The lowest BCUT2D eigenvalue weighted by Crippen LogP contribution is -2.17. The predicted molar refractivity (Wildman–Crippen MR) is 45.4 cm³/mol. The maximum absolute atomic E-state index is 5.66. The zero-order chi connectivity index (χ0) is 7.98. The van der Waals surface area contributed by atoms with E-state index in [1.807, 2.05) is 6.08 Å². The van der Waals surface area contributed by atoms with E-state index in [4.69, 9.17) is 11.5 Å². The van der Waals surface area contributed by atoms with E-state index < -0.39 is 0 Å². The maximum atomic E-state index is 5.66. The van der Waals surface area contributed by atoms with Crippen molar-refractivity contribution in [3.63, 3.8) is 0 Å². The van der Waals surface area contributed by atoms with E-state index >= 15 is 0 Å². The van der Waals surface area contributed by atoms with Crippen LogP contribution in [0.5, 0.6) is 0 Å². The van der Waals surface area contributed by atoms with Gasteiger partial charge in [0.05, 0.1) is 0 Å². The molecule has 0 amide bonds. The first-order valence-electron chi connectivity index (χ1n) is 3.56. The number of hydrogen-bond acceptors (Lipinski definition) is 2. The zero-order valence-electron chi connectivity index (χ0n) is 6.51. The van der Waals surface area contributed by atoms with Gasteiger partial charge in [-0.1, -0.05) is 19.9 Å². The van der Waals surface area contributed by atoms with Crippen molar-refractivity contribution in [3.8, 4) is 0 Å².